The molecule has 0 spiro atoms. The number of hydrogen-bond donors (Lipinski definition) is 2. The van der Waals surface area contributed by atoms with E-state index in [0.717, 1.165) is 16.9 Å². The van der Waals surface area contributed by atoms with Crippen molar-refractivity contribution in [2.24, 2.45) is 0 Å². The van der Waals surface area contributed by atoms with Gasteiger partial charge in [-0.05, 0) is 42.0 Å². The Balaban J connectivity index is 1.34. The molecule has 3 aromatic carbocycles. The quantitative estimate of drug-likeness (QED) is 0.571. The Morgan fingerprint density at radius 1 is 0.788 bits per heavy atom. The van der Waals surface area contributed by atoms with Gasteiger partial charge in [-0.2, -0.15) is 0 Å². The zero-order valence-corrected chi connectivity index (χ0v) is 19.1. The number of nitrogens with one attached hydrogen (secondary N) is 2. The normalized spacial score (nSPS) is 13.3. The zero-order chi connectivity index (χ0) is 23.0. The molecule has 3 aromatic rings. The first-order valence-electron chi connectivity index (χ1n) is 10.9. The highest BCUT2D eigenvalue weighted by Crippen LogP contribution is 2.27. The van der Waals surface area contributed by atoms with Crippen molar-refractivity contribution < 1.29 is 9.59 Å². The van der Waals surface area contributed by atoms with Crippen LogP contribution in [-0.4, -0.2) is 48.0 Å². The van der Waals surface area contributed by atoms with Gasteiger partial charge in [0, 0.05) is 31.7 Å². The highest BCUT2D eigenvalue weighted by Gasteiger charge is 2.23. The Labute approximate surface area is 199 Å². The molecule has 1 fully saturated rings. The number of rotatable bonds is 5. The molecule has 2 amide bonds. The molecule has 6 nitrogen and oxygen atoms in total. The van der Waals surface area contributed by atoms with Gasteiger partial charge in [-0.25, -0.2) is 0 Å². The molecule has 1 heterocycles. The van der Waals surface area contributed by atoms with Crippen LogP contribution < -0.4 is 15.5 Å². The summed E-state index contributed by atoms with van der Waals surface area (Å²) in [4.78, 5) is 29.2. The summed E-state index contributed by atoms with van der Waals surface area (Å²) in [7, 11) is 0. The fraction of sp³-hybridized carbons (Fsp3) is 0.192. The molecule has 0 saturated carbocycles. The van der Waals surface area contributed by atoms with Gasteiger partial charge in [0.2, 0.25) is 5.91 Å². The molecule has 0 radical (unpaired) electrons. The van der Waals surface area contributed by atoms with Crippen LogP contribution in [0.15, 0.2) is 84.9 Å². The Morgan fingerprint density at radius 3 is 2.09 bits per heavy atom. The number of carbonyl (C=O) groups excluding carboxylic acids is 2. The number of nitrogens with zero attached hydrogens (tertiary/aromatic N) is 2. The fourth-order valence-electron chi connectivity index (χ4n) is 3.87. The van der Waals surface area contributed by atoms with Crippen molar-refractivity contribution in [3.8, 4) is 0 Å². The number of anilines is 2. The van der Waals surface area contributed by atoms with E-state index < -0.39 is 0 Å². The van der Waals surface area contributed by atoms with Crippen LogP contribution in [0, 0.1) is 0 Å². The van der Waals surface area contributed by atoms with Crippen molar-refractivity contribution in [3.05, 3.63) is 96.1 Å². The maximum absolute atomic E-state index is 12.7. The maximum atomic E-state index is 12.7. The first kappa shape index (κ1) is 22.5. The van der Waals surface area contributed by atoms with Gasteiger partial charge < -0.3 is 20.4 Å². The van der Waals surface area contributed by atoms with Crippen LogP contribution in [0.2, 0.25) is 0 Å². The molecule has 1 aliphatic heterocycles. The number of para-hydroxylation sites is 2. The van der Waals surface area contributed by atoms with Crippen molar-refractivity contribution in [1.29, 1.82) is 0 Å². The van der Waals surface area contributed by atoms with Gasteiger partial charge in [0.1, 0.15) is 0 Å². The van der Waals surface area contributed by atoms with E-state index in [1.54, 1.807) is 0 Å². The minimum absolute atomic E-state index is 0.0592. The van der Waals surface area contributed by atoms with E-state index in [1.165, 1.54) is 0 Å². The summed E-state index contributed by atoms with van der Waals surface area (Å²) >= 11 is 5.38. The van der Waals surface area contributed by atoms with Gasteiger partial charge in [-0.3, -0.25) is 9.59 Å². The van der Waals surface area contributed by atoms with Crippen LogP contribution in [0.25, 0.3) is 0 Å². The molecule has 0 aliphatic carbocycles. The zero-order valence-electron chi connectivity index (χ0n) is 18.2. The van der Waals surface area contributed by atoms with Crippen LogP contribution in [0.3, 0.4) is 0 Å². The van der Waals surface area contributed by atoms with Crippen molar-refractivity contribution in [2.75, 3.05) is 36.4 Å². The van der Waals surface area contributed by atoms with Gasteiger partial charge >= 0.3 is 0 Å². The van der Waals surface area contributed by atoms with E-state index in [9.17, 15) is 9.59 Å². The summed E-state index contributed by atoms with van der Waals surface area (Å²) in [6.45, 7) is 2.70. The molecule has 0 bridgehead atoms. The van der Waals surface area contributed by atoms with Gasteiger partial charge in [0.25, 0.3) is 5.91 Å². The van der Waals surface area contributed by atoms with E-state index >= 15 is 0 Å². The molecule has 1 saturated heterocycles. The fourth-order valence-corrected chi connectivity index (χ4v) is 4.10. The Hall–Kier alpha value is -3.71. The Morgan fingerprint density at radius 2 is 1.39 bits per heavy atom. The molecule has 4 rings (SSSR count). The number of carbonyl (C=O) groups is 2. The van der Waals surface area contributed by atoms with Crippen molar-refractivity contribution in [2.45, 2.75) is 6.42 Å². The van der Waals surface area contributed by atoms with E-state index in [4.69, 9.17) is 12.2 Å². The standard InChI is InChI=1S/C26H26N4O2S/c31-24(19-20-9-3-1-4-10-20)28-26(33)27-22-13-7-8-14-23(22)29-15-17-30(18-16-29)25(32)21-11-5-2-6-12-21/h1-14H,15-19H2,(H2,27,28,31,33). The average Bonchev–Trinajstić information content (AvgIpc) is 2.85. The van der Waals surface area contributed by atoms with Crippen LogP contribution in [0.4, 0.5) is 11.4 Å². The van der Waals surface area contributed by atoms with E-state index in [2.05, 4.69) is 15.5 Å². The predicted molar refractivity (Wildman–Crippen MR) is 136 cm³/mol. The summed E-state index contributed by atoms with van der Waals surface area (Å²) < 4.78 is 0. The van der Waals surface area contributed by atoms with Crippen molar-refractivity contribution in [1.82, 2.24) is 10.2 Å². The largest absolute Gasteiger partial charge is 0.366 e. The highest BCUT2D eigenvalue weighted by atomic mass is 32.1. The highest BCUT2D eigenvalue weighted by molar-refractivity contribution is 7.80. The molecule has 0 unspecified atom stereocenters. The van der Waals surface area contributed by atoms with E-state index in [-0.39, 0.29) is 23.3 Å². The minimum atomic E-state index is -0.163. The average molecular weight is 459 g/mol. The maximum Gasteiger partial charge on any atom is 0.253 e. The number of amides is 2. The summed E-state index contributed by atoms with van der Waals surface area (Å²) in [6.07, 6.45) is 0.266. The first-order valence-corrected chi connectivity index (χ1v) is 11.3. The SMILES string of the molecule is O=C(Cc1ccccc1)NC(=S)Nc1ccccc1N1CCN(C(=O)c2ccccc2)CC1. The van der Waals surface area contributed by atoms with Crippen LogP contribution in [0.5, 0.6) is 0 Å². The van der Waals surface area contributed by atoms with Gasteiger partial charge in [-0.15, -0.1) is 0 Å². The van der Waals surface area contributed by atoms with Gasteiger partial charge in [-0.1, -0.05) is 60.7 Å². The third kappa shape index (κ3) is 5.96. The lowest BCUT2D eigenvalue weighted by atomic mass is 10.1. The summed E-state index contributed by atoms with van der Waals surface area (Å²) in [5, 5.41) is 6.18. The molecular formula is C26H26N4O2S. The van der Waals surface area contributed by atoms with Gasteiger partial charge in [0.05, 0.1) is 17.8 Å². The Bertz CT molecular complexity index is 1110. The predicted octanol–water partition coefficient (Wildman–Crippen LogP) is 3.70. The lowest BCUT2D eigenvalue weighted by Crippen LogP contribution is -2.49. The number of hydrogen-bond acceptors (Lipinski definition) is 4. The lowest BCUT2D eigenvalue weighted by molar-refractivity contribution is -0.119. The van der Waals surface area contributed by atoms with Crippen LogP contribution in [0.1, 0.15) is 15.9 Å². The van der Waals surface area contributed by atoms with Crippen molar-refractivity contribution >= 4 is 40.5 Å². The summed E-state index contributed by atoms with van der Waals surface area (Å²) in [5.41, 5.74) is 3.46. The minimum Gasteiger partial charge on any atom is -0.366 e. The molecular weight excluding hydrogens is 432 g/mol. The number of benzene rings is 3. The molecule has 1 aliphatic rings. The topological polar surface area (TPSA) is 64.7 Å². The summed E-state index contributed by atoms with van der Waals surface area (Å²) in [6, 6.07) is 26.8. The number of piperazine rings is 1. The lowest BCUT2D eigenvalue weighted by Gasteiger charge is -2.37. The molecule has 7 heteroatoms. The van der Waals surface area contributed by atoms with Crippen LogP contribution in [-0.2, 0) is 11.2 Å². The first-order chi connectivity index (χ1) is 16.1. The molecule has 0 atom stereocenters. The molecule has 0 aromatic heterocycles. The van der Waals surface area contributed by atoms with E-state index in [0.29, 0.717) is 31.7 Å². The molecule has 168 valence electrons. The monoisotopic (exact) mass is 458 g/mol. The molecule has 33 heavy (non-hydrogen) atoms. The third-order valence-corrected chi connectivity index (χ3v) is 5.75. The van der Waals surface area contributed by atoms with Crippen LogP contribution >= 0.6 is 12.2 Å². The second-order valence-corrected chi connectivity index (χ2v) is 8.24. The number of thiocarbonyl (C=S) groups is 1. The Kier molecular flexibility index (Phi) is 7.32. The van der Waals surface area contributed by atoms with Crippen molar-refractivity contribution in [3.63, 3.8) is 0 Å². The summed E-state index contributed by atoms with van der Waals surface area (Å²) in [5.74, 6) is -0.104. The smallest absolute Gasteiger partial charge is 0.253 e. The second kappa shape index (κ2) is 10.7. The third-order valence-electron chi connectivity index (χ3n) is 5.54. The van der Waals surface area contributed by atoms with E-state index in [1.807, 2.05) is 89.8 Å². The van der Waals surface area contributed by atoms with Gasteiger partial charge in [0.15, 0.2) is 5.11 Å². The second-order valence-electron chi connectivity index (χ2n) is 7.83. The molecule has 2 N–H and O–H groups in total.